The number of methoxy groups -OCH3 is 4. The Bertz CT molecular complexity index is 1490. The van der Waals surface area contributed by atoms with E-state index >= 15 is 0 Å². The number of Topliss-reactive ketones (excluding diaryl/α,β-unsaturated/α-hetero) is 1. The van der Waals surface area contributed by atoms with E-state index in [9.17, 15) is 14.7 Å². The minimum Gasteiger partial charge on any atom is -0.545 e. The maximum absolute atomic E-state index is 13.9. The fraction of sp³-hybridized carbons (Fsp3) is 0.185. The molecular weight excluding hydrogens is 519 g/mol. The largest absolute Gasteiger partial charge is 1.00 e. The molecule has 190 valence electrons. The van der Waals surface area contributed by atoms with Crippen molar-refractivity contribution in [3.8, 4) is 23.0 Å². The molecule has 0 saturated carbocycles. The van der Waals surface area contributed by atoms with Gasteiger partial charge in [0.25, 0.3) is 0 Å². The van der Waals surface area contributed by atoms with Crippen LogP contribution in [0.3, 0.4) is 0 Å². The number of rotatable bonds is 10. The van der Waals surface area contributed by atoms with Gasteiger partial charge >= 0.3 is 29.6 Å². The van der Waals surface area contributed by atoms with Crippen LogP contribution in [0.1, 0.15) is 21.5 Å². The molecule has 0 unspecified atom stereocenters. The second-order valence-corrected chi connectivity index (χ2v) is 8.41. The summed E-state index contributed by atoms with van der Waals surface area (Å²) < 4.78 is 29.9. The molecule has 0 amide bonds. The molecule has 0 aliphatic carbocycles. The van der Waals surface area contributed by atoms with Crippen molar-refractivity contribution in [1.82, 2.24) is 8.75 Å². The molecule has 38 heavy (non-hydrogen) atoms. The van der Waals surface area contributed by atoms with Gasteiger partial charge in [-0.3, -0.25) is 4.79 Å². The molecule has 0 saturated heterocycles. The Morgan fingerprint density at radius 1 is 0.816 bits per heavy atom. The van der Waals surface area contributed by atoms with Crippen LogP contribution in [0, 0.1) is 0 Å². The molecule has 1 heterocycles. The summed E-state index contributed by atoms with van der Waals surface area (Å²) in [4.78, 5) is 26.4. The van der Waals surface area contributed by atoms with Crippen molar-refractivity contribution in [1.29, 1.82) is 0 Å². The first-order valence-electron chi connectivity index (χ1n) is 11.0. The maximum Gasteiger partial charge on any atom is 1.00 e. The molecule has 0 atom stereocenters. The minimum absolute atomic E-state index is 0. The second-order valence-electron chi connectivity index (χ2n) is 7.88. The summed E-state index contributed by atoms with van der Waals surface area (Å²) in [5.74, 6) is -0.419. The SMILES string of the molecule is COc1cccc(C(=O)/C(Cc2cc(OC)c(OC)c(OC)c2)=C(\C(=O)[O-])c2ccc3nsnc3c2)c1.[Na+]. The Labute approximate surface area is 245 Å². The second kappa shape index (κ2) is 12.9. The number of nitrogens with zero attached hydrogens (tertiary/aromatic N) is 2. The van der Waals surface area contributed by atoms with Crippen LogP contribution in [-0.2, 0) is 11.2 Å². The van der Waals surface area contributed by atoms with Gasteiger partial charge in [-0.25, -0.2) is 0 Å². The zero-order chi connectivity index (χ0) is 26.5. The van der Waals surface area contributed by atoms with Crippen molar-refractivity contribution in [3.05, 3.63) is 76.9 Å². The quantitative estimate of drug-likeness (QED) is 0.159. The predicted octanol–water partition coefficient (Wildman–Crippen LogP) is 0.359. The molecule has 3 aromatic carbocycles. The zero-order valence-corrected chi connectivity index (χ0v) is 24.4. The van der Waals surface area contributed by atoms with E-state index in [-0.39, 0.29) is 58.3 Å². The molecule has 0 radical (unpaired) electrons. The molecular formula is C27H23N2NaO7S. The first-order valence-corrected chi connectivity index (χ1v) is 11.8. The van der Waals surface area contributed by atoms with Crippen molar-refractivity contribution < 1.29 is 63.2 Å². The van der Waals surface area contributed by atoms with Crippen molar-refractivity contribution >= 4 is 40.1 Å². The van der Waals surface area contributed by atoms with Gasteiger partial charge < -0.3 is 28.8 Å². The number of ether oxygens (including phenoxy) is 4. The molecule has 0 spiro atoms. The van der Waals surface area contributed by atoms with Crippen LogP contribution in [0.2, 0.25) is 0 Å². The standard InChI is InChI=1S/C27H24N2O7S.Na/c1-33-18-7-5-6-17(13-18)25(30)19(10-15-11-22(34-2)26(36-4)23(12-15)35-3)24(27(31)32)16-8-9-20-21(14-16)29-37-28-20;/h5-9,11-14H,10H2,1-4H3,(H,31,32);/q;+1/p-1/b24-19-;. The van der Waals surface area contributed by atoms with E-state index in [0.717, 1.165) is 11.7 Å². The number of carbonyl (C=O) groups excluding carboxylic acids is 2. The topological polar surface area (TPSA) is 120 Å². The van der Waals surface area contributed by atoms with Crippen molar-refractivity contribution in [3.63, 3.8) is 0 Å². The minimum atomic E-state index is -1.50. The van der Waals surface area contributed by atoms with E-state index in [1.807, 2.05) is 0 Å². The number of allylic oxidation sites excluding steroid dienone is 1. The number of ketones is 1. The third kappa shape index (κ3) is 5.99. The Hall–Kier alpha value is -3.44. The summed E-state index contributed by atoms with van der Waals surface area (Å²) in [5, 5.41) is 12.6. The van der Waals surface area contributed by atoms with Crippen LogP contribution in [0.15, 0.2) is 60.2 Å². The average Bonchev–Trinajstić information content (AvgIpc) is 3.39. The molecule has 0 fully saturated rings. The number of carboxylic acids is 1. The van der Waals surface area contributed by atoms with Crippen LogP contribution >= 0.6 is 11.7 Å². The zero-order valence-electron chi connectivity index (χ0n) is 21.6. The number of hydrogen-bond acceptors (Lipinski definition) is 10. The Morgan fingerprint density at radius 3 is 2.11 bits per heavy atom. The molecule has 0 aliphatic rings. The third-order valence-corrected chi connectivity index (χ3v) is 6.32. The van der Waals surface area contributed by atoms with E-state index in [1.54, 1.807) is 54.6 Å². The molecule has 0 N–H and O–H groups in total. The van der Waals surface area contributed by atoms with E-state index in [4.69, 9.17) is 18.9 Å². The Balaban J connectivity index is 0.00000400. The fourth-order valence-corrected chi connectivity index (χ4v) is 4.53. The molecule has 9 nitrogen and oxygen atoms in total. The van der Waals surface area contributed by atoms with Crippen LogP contribution in [0.4, 0.5) is 0 Å². The van der Waals surface area contributed by atoms with Gasteiger partial charge in [0.05, 0.1) is 46.1 Å². The molecule has 1 aromatic heterocycles. The normalized spacial score (nSPS) is 11.3. The molecule has 4 rings (SSSR count). The van der Waals surface area contributed by atoms with Crippen LogP contribution < -0.4 is 53.6 Å². The number of benzene rings is 3. The summed E-state index contributed by atoms with van der Waals surface area (Å²) in [6.07, 6.45) is -0.0660. The smallest absolute Gasteiger partial charge is 0.545 e. The maximum atomic E-state index is 13.9. The monoisotopic (exact) mass is 542 g/mol. The number of carboxylic acid groups (broad SMARTS) is 1. The van der Waals surface area contributed by atoms with Crippen LogP contribution in [-0.4, -0.2) is 48.9 Å². The Morgan fingerprint density at radius 2 is 1.50 bits per heavy atom. The van der Waals surface area contributed by atoms with Gasteiger partial charge in [-0.2, -0.15) is 8.75 Å². The van der Waals surface area contributed by atoms with Gasteiger partial charge in [0.1, 0.15) is 16.8 Å². The number of hydrogen-bond donors (Lipinski definition) is 0. The predicted molar refractivity (Wildman–Crippen MR) is 136 cm³/mol. The van der Waals surface area contributed by atoms with Crippen molar-refractivity contribution in [2.45, 2.75) is 6.42 Å². The molecule has 11 heteroatoms. The Kier molecular flexibility index (Phi) is 9.87. The first kappa shape index (κ1) is 29.1. The average molecular weight is 543 g/mol. The molecule has 0 aliphatic heterocycles. The van der Waals surface area contributed by atoms with Gasteiger partial charge in [-0.15, -0.1) is 0 Å². The number of carbonyl (C=O) groups is 2. The molecule has 4 aromatic rings. The number of aliphatic carboxylic acids is 1. The van der Waals surface area contributed by atoms with Crippen molar-refractivity contribution in [2.24, 2.45) is 0 Å². The number of aromatic nitrogens is 2. The summed E-state index contributed by atoms with van der Waals surface area (Å²) >= 11 is 1.01. The van der Waals surface area contributed by atoms with Gasteiger partial charge in [-0.05, 0) is 47.5 Å². The fourth-order valence-electron chi connectivity index (χ4n) is 4.02. The summed E-state index contributed by atoms with van der Waals surface area (Å²) in [6.45, 7) is 0. The molecule has 0 bridgehead atoms. The van der Waals surface area contributed by atoms with Crippen LogP contribution in [0.5, 0.6) is 23.0 Å². The summed E-state index contributed by atoms with van der Waals surface area (Å²) in [6, 6.07) is 14.7. The van der Waals surface area contributed by atoms with E-state index < -0.39 is 11.8 Å². The van der Waals surface area contributed by atoms with Gasteiger partial charge in [0.15, 0.2) is 17.3 Å². The van der Waals surface area contributed by atoms with Crippen LogP contribution in [0.25, 0.3) is 16.6 Å². The van der Waals surface area contributed by atoms with E-state index in [1.165, 1.54) is 28.4 Å². The third-order valence-electron chi connectivity index (χ3n) is 5.76. The van der Waals surface area contributed by atoms with Gasteiger partial charge in [0, 0.05) is 23.1 Å². The van der Waals surface area contributed by atoms with E-state index in [0.29, 0.717) is 39.6 Å². The van der Waals surface area contributed by atoms with Gasteiger partial charge in [-0.1, -0.05) is 18.2 Å². The summed E-state index contributed by atoms with van der Waals surface area (Å²) in [5.41, 5.74) is 1.99. The van der Waals surface area contributed by atoms with E-state index in [2.05, 4.69) is 8.75 Å². The van der Waals surface area contributed by atoms with Gasteiger partial charge in [0.2, 0.25) is 5.75 Å². The first-order chi connectivity index (χ1) is 17.9. The van der Waals surface area contributed by atoms with Crippen molar-refractivity contribution in [2.75, 3.05) is 28.4 Å². The summed E-state index contributed by atoms with van der Waals surface area (Å²) in [7, 11) is 5.92. The number of fused-ring (bicyclic) bond motifs is 1.